The molecule has 8 heteroatoms. The lowest BCUT2D eigenvalue weighted by Crippen LogP contribution is -2.39. The highest BCUT2D eigenvalue weighted by Crippen LogP contribution is 2.29. The van der Waals surface area contributed by atoms with Crippen molar-refractivity contribution in [3.8, 4) is 5.75 Å². The van der Waals surface area contributed by atoms with E-state index in [9.17, 15) is 9.59 Å². The van der Waals surface area contributed by atoms with Crippen LogP contribution in [0.3, 0.4) is 0 Å². The van der Waals surface area contributed by atoms with Gasteiger partial charge in [0, 0.05) is 6.42 Å². The van der Waals surface area contributed by atoms with E-state index in [4.69, 9.17) is 4.74 Å². The van der Waals surface area contributed by atoms with Crippen LogP contribution < -0.4 is 15.4 Å². The molecule has 0 aliphatic carbocycles. The second-order valence-corrected chi connectivity index (χ2v) is 7.01. The quantitative estimate of drug-likeness (QED) is 0.867. The van der Waals surface area contributed by atoms with Gasteiger partial charge >= 0.3 is 0 Å². The van der Waals surface area contributed by atoms with Gasteiger partial charge in [-0.1, -0.05) is 37.3 Å². The minimum atomic E-state index is -0.858. The minimum Gasteiger partial charge on any atom is -0.478 e. The Balaban J connectivity index is 1.59. The Labute approximate surface area is 143 Å². The van der Waals surface area contributed by atoms with Crippen LogP contribution in [0.4, 0.5) is 10.8 Å². The number of carbonyl (C=O) groups is 2. The summed E-state index contributed by atoms with van der Waals surface area (Å²) in [5.41, 5.74) is 0.613. The summed E-state index contributed by atoms with van der Waals surface area (Å²) in [6.07, 6.45) is -0.125. The molecule has 0 unspecified atom stereocenters. The first kappa shape index (κ1) is 16.4. The van der Waals surface area contributed by atoms with Crippen LogP contribution in [-0.4, -0.2) is 28.1 Å². The number of ether oxygens (including phenoxy) is 1. The lowest BCUT2D eigenvalue weighted by atomic mass is 10.1. The van der Waals surface area contributed by atoms with Crippen molar-refractivity contribution in [3.05, 3.63) is 29.3 Å². The third-order valence-corrected chi connectivity index (χ3v) is 4.23. The summed E-state index contributed by atoms with van der Waals surface area (Å²) >= 11 is 1.35. The van der Waals surface area contributed by atoms with Gasteiger partial charge in [0.05, 0.1) is 12.1 Å². The van der Waals surface area contributed by atoms with E-state index < -0.39 is 6.10 Å². The molecule has 2 heterocycles. The second-order valence-electron chi connectivity index (χ2n) is 5.94. The van der Waals surface area contributed by atoms with Gasteiger partial charge < -0.3 is 15.4 Å². The summed E-state index contributed by atoms with van der Waals surface area (Å²) in [6.45, 7) is 4.19. The van der Waals surface area contributed by atoms with Crippen molar-refractivity contribution in [1.82, 2.24) is 10.2 Å². The summed E-state index contributed by atoms with van der Waals surface area (Å²) in [7, 11) is 0. The van der Waals surface area contributed by atoms with Crippen molar-refractivity contribution in [1.29, 1.82) is 0 Å². The van der Waals surface area contributed by atoms with E-state index in [0.29, 0.717) is 22.5 Å². The zero-order chi connectivity index (χ0) is 17.1. The topological polar surface area (TPSA) is 93.2 Å². The van der Waals surface area contributed by atoms with Gasteiger partial charge in [-0.3, -0.25) is 9.59 Å². The first-order valence-electron chi connectivity index (χ1n) is 7.70. The van der Waals surface area contributed by atoms with E-state index in [1.54, 1.807) is 18.2 Å². The number of benzene rings is 1. The van der Waals surface area contributed by atoms with Crippen LogP contribution >= 0.6 is 11.3 Å². The number of aromatic nitrogens is 2. The zero-order valence-corrected chi connectivity index (χ0v) is 14.2. The normalized spacial score (nSPS) is 16.3. The average molecular weight is 346 g/mol. The summed E-state index contributed by atoms with van der Waals surface area (Å²) in [5.74, 6) is 0.370. The third kappa shape index (κ3) is 3.88. The molecular weight excluding hydrogens is 328 g/mol. The van der Waals surface area contributed by atoms with Crippen LogP contribution in [-0.2, 0) is 16.0 Å². The largest absolute Gasteiger partial charge is 0.478 e. The molecule has 0 bridgehead atoms. The SMILES string of the molecule is CC(C)Cc1nnc(NC(=O)C[C@H]2Oc3ccccc3NC2=O)s1. The Morgan fingerprint density at radius 2 is 2.17 bits per heavy atom. The van der Waals surface area contributed by atoms with E-state index in [1.165, 1.54) is 11.3 Å². The molecular formula is C16H18N4O3S. The number of nitrogens with one attached hydrogen (secondary N) is 2. The lowest BCUT2D eigenvalue weighted by Gasteiger charge is -2.25. The first-order chi connectivity index (χ1) is 11.5. The van der Waals surface area contributed by atoms with E-state index >= 15 is 0 Å². The van der Waals surface area contributed by atoms with Gasteiger partial charge in [0.2, 0.25) is 11.0 Å². The van der Waals surface area contributed by atoms with E-state index in [2.05, 4.69) is 34.7 Å². The van der Waals surface area contributed by atoms with E-state index in [-0.39, 0.29) is 18.2 Å². The van der Waals surface area contributed by atoms with Gasteiger partial charge in [-0.05, 0) is 18.1 Å². The number of para-hydroxylation sites is 2. The summed E-state index contributed by atoms with van der Waals surface area (Å²) < 4.78 is 5.60. The molecule has 0 saturated heterocycles. The molecule has 0 saturated carbocycles. The average Bonchev–Trinajstić information content (AvgIpc) is 2.94. The maximum atomic E-state index is 12.1. The third-order valence-electron chi connectivity index (χ3n) is 3.37. The Morgan fingerprint density at radius 1 is 1.38 bits per heavy atom. The van der Waals surface area contributed by atoms with Crippen molar-refractivity contribution in [2.45, 2.75) is 32.8 Å². The van der Waals surface area contributed by atoms with Crippen LogP contribution in [0, 0.1) is 5.92 Å². The number of amides is 2. The fourth-order valence-electron chi connectivity index (χ4n) is 2.30. The molecule has 126 valence electrons. The van der Waals surface area contributed by atoms with Crippen LogP contribution in [0.25, 0.3) is 0 Å². The molecule has 1 aliphatic rings. The Kier molecular flexibility index (Phi) is 4.75. The molecule has 7 nitrogen and oxygen atoms in total. The molecule has 0 fully saturated rings. The van der Waals surface area contributed by atoms with Gasteiger partial charge in [-0.2, -0.15) is 0 Å². The molecule has 2 aromatic rings. The van der Waals surface area contributed by atoms with Gasteiger partial charge in [0.25, 0.3) is 5.91 Å². The lowest BCUT2D eigenvalue weighted by molar-refractivity contribution is -0.128. The smallest absolute Gasteiger partial charge is 0.266 e. The molecule has 0 spiro atoms. The summed E-state index contributed by atoms with van der Waals surface area (Å²) in [6, 6.07) is 7.12. The van der Waals surface area contributed by atoms with Crippen LogP contribution in [0.1, 0.15) is 25.3 Å². The number of hydrogen-bond acceptors (Lipinski definition) is 6. The predicted octanol–water partition coefficient (Wildman–Crippen LogP) is 2.46. The Bertz CT molecular complexity index is 759. The highest BCUT2D eigenvalue weighted by atomic mass is 32.1. The number of nitrogens with zero attached hydrogens (tertiary/aromatic N) is 2. The molecule has 24 heavy (non-hydrogen) atoms. The zero-order valence-electron chi connectivity index (χ0n) is 13.4. The number of carbonyl (C=O) groups excluding carboxylic acids is 2. The van der Waals surface area contributed by atoms with Crippen LogP contribution in [0.15, 0.2) is 24.3 Å². The fourth-order valence-corrected chi connectivity index (χ4v) is 3.27. The Hall–Kier alpha value is -2.48. The van der Waals surface area contributed by atoms with E-state index in [0.717, 1.165) is 11.4 Å². The maximum absolute atomic E-state index is 12.1. The fraction of sp³-hybridized carbons (Fsp3) is 0.375. The number of anilines is 2. The molecule has 1 atom stereocenters. The van der Waals surface area contributed by atoms with Crippen molar-refractivity contribution in [2.75, 3.05) is 10.6 Å². The summed E-state index contributed by atoms with van der Waals surface area (Å²) in [4.78, 5) is 24.2. The Morgan fingerprint density at radius 3 is 2.96 bits per heavy atom. The predicted molar refractivity (Wildman–Crippen MR) is 91.2 cm³/mol. The highest BCUT2D eigenvalue weighted by Gasteiger charge is 2.29. The molecule has 0 radical (unpaired) electrons. The van der Waals surface area contributed by atoms with Crippen molar-refractivity contribution >= 4 is 34.0 Å². The number of hydrogen-bond donors (Lipinski definition) is 2. The number of fused-ring (bicyclic) bond motifs is 1. The first-order valence-corrected chi connectivity index (χ1v) is 8.51. The second kappa shape index (κ2) is 6.96. The van der Waals surface area contributed by atoms with Gasteiger partial charge in [-0.15, -0.1) is 10.2 Å². The minimum absolute atomic E-state index is 0.0841. The summed E-state index contributed by atoms with van der Waals surface area (Å²) in [5, 5.41) is 14.7. The van der Waals surface area contributed by atoms with E-state index in [1.807, 2.05) is 6.07 Å². The highest BCUT2D eigenvalue weighted by molar-refractivity contribution is 7.15. The van der Waals surface area contributed by atoms with Crippen LogP contribution in [0.2, 0.25) is 0 Å². The molecule has 2 N–H and O–H groups in total. The molecule has 2 amide bonds. The van der Waals surface area contributed by atoms with Gasteiger partial charge in [-0.25, -0.2) is 0 Å². The van der Waals surface area contributed by atoms with Crippen molar-refractivity contribution in [2.24, 2.45) is 5.92 Å². The van der Waals surface area contributed by atoms with Gasteiger partial charge in [0.1, 0.15) is 10.8 Å². The number of rotatable bonds is 5. The standard InChI is InChI=1S/C16H18N4O3S/c1-9(2)7-14-19-20-16(24-14)18-13(21)8-12-15(22)17-10-5-3-4-6-11(10)23-12/h3-6,9,12H,7-8H2,1-2H3,(H,17,22)(H,18,20,21)/t12-/m1/s1. The maximum Gasteiger partial charge on any atom is 0.266 e. The van der Waals surface area contributed by atoms with Crippen LogP contribution in [0.5, 0.6) is 5.75 Å². The van der Waals surface area contributed by atoms with Crippen molar-refractivity contribution in [3.63, 3.8) is 0 Å². The molecule has 1 aromatic carbocycles. The van der Waals surface area contributed by atoms with Crippen molar-refractivity contribution < 1.29 is 14.3 Å². The molecule has 1 aliphatic heterocycles. The van der Waals surface area contributed by atoms with Gasteiger partial charge in [0.15, 0.2) is 6.10 Å². The molecule has 1 aromatic heterocycles. The molecule has 3 rings (SSSR count). The monoisotopic (exact) mass is 346 g/mol.